The molecule has 15 heavy (non-hydrogen) atoms. The van der Waals surface area contributed by atoms with Gasteiger partial charge in [0.15, 0.2) is 0 Å². The van der Waals surface area contributed by atoms with Gasteiger partial charge in [0.25, 0.3) is 0 Å². The van der Waals surface area contributed by atoms with Crippen LogP contribution in [-0.4, -0.2) is 42.9 Å². The standard InChI is InChI=1S/C10H15N3O2/c1-8-6-13(3-4-15-8)9-5-10(14-2)12-7-11-9/h5,7-8H,3-4,6H2,1-2H3/t8-/m0/s1. The van der Waals surface area contributed by atoms with Crippen LogP contribution in [0.2, 0.25) is 0 Å². The highest BCUT2D eigenvalue weighted by Crippen LogP contribution is 2.17. The van der Waals surface area contributed by atoms with Gasteiger partial charge < -0.3 is 14.4 Å². The first kappa shape index (κ1) is 10.2. The molecule has 0 spiro atoms. The van der Waals surface area contributed by atoms with E-state index in [-0.39, 0.29) is 6.10 Å². The fourth-order valence-corrected chi connectivity index (χ4v) is 1.64. The summed E-state index contributed by atoms with van der Waals surface area (Å²) >= 11 is 0. The lowest BCUT2D eigenvalue weighted by molar-refractivity contribution is 0.0529. The number of ether oxygens (including phenoxy) is 2. The topological polar surface area (TPSA) is 47.5 Å². The molecular formula is C10H15N3O2. The van der Waals surface area contributed by atoms with Crippen molar-refractivity contribution >= 4 is 5.82 Å². The van der Waals surface area contributed by atoms with Crippen LogP contribution in [0, 0.1) is 0 Å². The van der Waals surface area contributed by atoms with Crippen molar-refractivity contribution < 1.29 is 9.47 Å². The molecule has 0 aromatic carbocycles. The first-order valence-electron chi connectivity index (χ1n) is 5.02. The number of morpholine rings is 1. The van der Waals surface area contributed by atoms with Crippen molar-refractivity contribution in [3.8, 4) is 5.88 Å². The van der Waals surface area contributed by atoms with Crippen molar-refractivity contribution in [1.29, 1.82) is 0 Å². The summed E-state index contributed by atoms with van der Waals surface area (Å²) in [6.45, 7) is 4.53. The Hall–Kier alpha value is -1.36. The van der Waals surface area contributed by atoms with Gasteiger partial charge in [-0.05, 0) is 6.92 Å². The highest BCUT2D eigenvalue weighted by Gasteiger charge is 2.18. The molecule has 2 heterocycles. The van der Waals surface area contributed by atoms with Crippen LogP contribution in [0.15, 0.2) is 12.4 Å². The van der Waals surface area contributed by atoms with Gasteiger partial charge >= 0.3 is 0 Å². The molecule has 2 rings (SSSR count). The maximum absolute atomic E-state index is 5.47. The maximum Gasteiger partial charge on any atom is 0.218 e. The summed E-state index contributed by atoms with van der Waals surface area (Å²) in [7, 11) is 1.61. The average molecular weight is 209 g/mol. The van der Waals surface area contributed by atoms with Gasteiger partial charge in [0.2, 0.25) is 5.88 Å². The Balaban J connectivity index is 2.13. The number of hydrogen-bond acceptors (Lipinski definition) is 5. The zero-order valence-corrected chi connectivity index (χ0v) is 9.01. The molecule has 1 aromatic heterocycles. The molecule has 0 N–H and O–H groups in total. The predicted octanol–water partition coefficient (Wildman–Crippen LogP) is 0.710. The fraction of sp³-hybridized carbons (Fsp3) is 0.600. The molecule has 82 valence electrons. The molecule has 1 fully saturated rings. The van der Waals surface area contributed by atoms with E-state index in [2.05, 4.69) is 21.8 Å². The summed E-state index contributed by atoms with van der Waals surface area (Å²) in [5, 5.41) is 0. The van der Waals surface area contributed by atoms with Crippen molar-refractivity contribution in [3.63, 3.8) is 0 Å². The van der Waals surface area contributed by atoms with Crippen LogP contribution in [0.3, 0.4) is 0 Å². The van der Waals surface area contributed by atoms with Gasteiger partial charge in [-0.2, -0.15) is 0 Å². The molecule has 1 atom stereocenters. The predicted molar refractivity (Wildman–Crippen MR) is 56.2 cm³/mol. The molecule has 1 saturated heterocycles. The highest BCUT2D eigenvalue weighted by atomic mass is 16.5. The van der Waals surface area contributed by atoms with Crippen LogP contribution in [-0.2, 0) is 4.74 Å². The number of methoxy groups -OCH3 is 1. The SMILES string of the molecule is COc1cc(N2CCO[C@@H](C)C2)ncn1. The summed E-state index contributed by atoms with van der Waals surface area (Å²) in [6.07, 6.45) is 1.77. The van der Waals surface area contributed by atoms with Crippen molar-refractivity contribution in [2.24, 2.45) is 0 Å². The quantitative estimate of drug-likeness (QED) is 0.718. The van der Waals surface area contributed by atoms with Crippen molar-refractivity contribution in [2.75, 3.05) is 31.7 Å². The minimum Gasteiger partial charge on any atom is -0.481 e. The minimum atomic E-state index is 0.250. The Labute approximate surface area is 89.0 Å². The van der Waals surface area contributed by atoms with E-state index in [1.807, 2.05) is 6.07 Å². The Morgan fingerprint density at radius 3 is 3.13 bits per heavy atom. The van der Waals surface area contributed by atoms with E-state index in [1.54, 1.807) is 7.11 Å². The first-order valence-corrected chi connectivity index (χ1v) is 5.02. The Morgan fingerprint density at radius 1 is 1.53 bits per heavy atom. The molecule has 0 unspecified atom stereocenters. The van der Waals surface area contributed by atoms with E-state index >= 15 is 0 Å². The second-order valence-corrected chi connectivity index (χ2v) is 3.55. The summed E-state index contributed by atoms with van der Waals surface area (Å²) in [4.78, 5) is 10.4. The highest BCUT2D eigenvalue weighted by molar-refractivity contribution is 5.41. The van der Waals surface area contributed by atoms with E-state index in [0.29, 0.717) is 5.88 Å². The number of aromatic nitrogens is 2. The second kappa shape index (κ2) is 4.44. The molecular weight excluding hydrogens is 194 g/mol. The maximum atomic E-state index is 5.47. The molecule has 0 radical (unpaired) electrons. The normalized spacial score (nSPS) is 21.5. The van der Waals surface area contributed by atoms with Gasteiger partial charge in [0.1, 0.15) is 12.1 Å². The molecule has 0 bridgehead atoms. The molecule has 1 aliphatic heterocycles. The van der Waals surface area contributed by atoms with Gasteiger partial charge in [0.05, 0.1) is 19.8 Å². The smallest absolute Gasteiger partial charge is 0.218 e. The van der Waals surface area contributed by atoms with Crippen molar-refractivity contribution in [2.45, 2.75) is 13.0 Å². The fourth-order valence-electron chi connectivity index (χ4n) is 1.64. The van der Waals surface area contributed by atoms with Crippen LogP contribution in [0.25, 0.3) is 0 Å². The third-order valence-electron chi connectivity index (χ3n) is 2.40. The van der Waals surface area contributed by atoms with Crippen molar-refractivity contribution in [1.82, 2.24) is 9.97 Å². The molecule has 5 nitrogen and oxygen atoms in total. The summed E-state index contributed by atoms with van der Waals surface area (Å²) < 4.78 is 10.5. The zero-order chi connectivity index (χ0) is 10.7. The van der Waals surface area contributed by atoms with Crippen LogP contribution >= 0.6 is 0 Å². The largest absolute Gasteiger partial charge is 0.481 e. The number of rotatable bonds is 2. The van der Waals surface area contributed by atoms with Crippen LogP contribution in [0.5, 0.6) is 5.88 Å². The van der Waals surface area contributed by atoms with E-state index in [0.717, 1.165) is 25.5 Å². The van der Waals surface area contributed by atoms with Crippen LogP contribution in [0.4, 0.5) is 5.82 Å². The zero-order valence-electron chi connectivity index (χ0n) is 9.01. The second-order valence-electron chi connectivity index (χ2n) is 3.55. The van der Waals surface area contributed by atoms with E-state index in [9.17, 15) is 0 Å². The monoisotopic (exact) mass is 209 g/mol. The van der Waals surface area contributed by atoms with Crippen LogP contribution < -0.4 is 9.64 Å². The summed E-state index contributed by atoms with van der Waals surface area (Å²) in [5.41, 5.74) is 0. The van der Waals surface area contributed by atoms with Crippen LogP contribution in [0.1, 0.15) is 6.92 Å². The molecule has 5 heteroatoms. The van der Waals surface area contributed by atoms with Gasteiger partial charge in [-0.1, -0.05) is 0 Å². The Bertz CT molecular complexity index is 332. The van der Waals surface area contributed by atoms with E-state index < -0.39 is 0 Å². The number of nitrogens with zero attached hydrogens (tertiary/aromatic N) is 3. The summed E-state index contributed by atoms with van der Waals surface area (Å²) in [5.74, 6) is 1.50. The number of anilines is 1. The lowest BCUT2D eigenvalue weighted by atomic mass is 10.3. The third kappa shape index (κ3) is 2.36. The van der Waals surface area contributed by atoms with Gasteiger partial charge in [-0.3, -0.25) is 0 Å². The van der Waals surface area contributed by atoms with Gasteiger partial charge in [-0.25, -0.2) is 9.97 Å². The lowest BCUT2D eigenvalue weighted by Crippen LogP contribution is -2.41. The minimum absolute atomic E-state index is 0.250. The average Bonchev–Trinajstić information content (AvgIpc) is 2.29. The Kier molecular flexibility index (Phi) is 3.01. The molecule has 0 aliphatic carbocycles. The van der Waals surface area contributed by atoms with Gasteiger partial charge in [-0.15, -0.1) is 0 Å². The van der Waals surface area contributed by atoms with E-state index in [1.165, 1.54) is 6.33 Å². The molecule has 0 amide bonds. The van der Waals surface area contributed by atoms with Gasteiger partial charge in [0, 0.05) is 19.2 Å². The Morgan fingerprint density at radius 2 is 2.40 bits per heavy atom. The number of hydrogen-bond donors (Lipinski definition) is 0. The third-order valence-corrected chi connectivity index (χ3v) is 2.40. The molecule has 1 aliphatic rings. The first-order chi connectivity index (χ1) is 7.29. The lowest BCUT2D eigenvalue weighted by Gasteiger charge is -2.31. The summed E-state index contributed by atoms with van der Waals surface area (Å²) in [6, 6.07) is 1.85. The van der Waals surface area contributed by atoms with Crippen molar-refractivity contribution in [3.05, 3.63) is 12.4 Å². The molecule has 0 saturated carbocycles. The van der Waals surface area contributed by atoms with E-state index in [4.69, 9.17) is 9.47 Å². The molecule has 1 aromatic rings.